The number of benzene rings is 1. The molecule has 0 atom stereocenters. The molecule has 0 unspecified atom stereocenters. The summed E-state index contributed by atoms with van der Waals surface area (Å²) in [5, 5.41) is 8.42. The van der Waals surface area contributed by atoms with Crippen LogP contribution in [-0.2, 0) is 11.0 Å². The zero-order valence-corrected chi connectivity index (χ0v) is 10.5. The topological polar surface area (TPSA) is 58.6 Å². The van der Waals surface area contributed by atoms with Crippen molar-refractivity contribution in [2.75, 3.05) is 13.2 Å². The summed E-state index contributed by atoms with van der Waals surface area (Å²) in [6.07, 6.45) is -4.47. The van der Waals surface area contributed by atoms with E-state index in [9.17, 15) is 18.0 Å². The Morgan fingerprint density at radius 3 is 2.61 bits per heavy atom. The molecule has 0 bridgehead atoms. The molecule has 0 aliphatic rings. The van der Waals surface area contributed by atoms with Gasteiger partial charge in [-0.25, -0.2) is 5.48 Å². The van der Waals surface area contributed by atoms with Crippen LogP contribution < -0.4 is 5.48 Å². The van der Waals surface area contributed by atoms with Gasteiger partial charge in [0.05, 0.1) is 24.3 Å². The third-order valence-electron chi connectivity index (χ3n) is 1.90. The molecule has 0 radical (unpaired) electrons. The number of carbonyl (C=O) groups is 1. The number of alkyl halides is 3. The molecule has 0 fully saturated rings. The summed E-state index contributed by atoms with van der Waals surface area (Å²) < 4.78 is 37.1. The second-order valence-corrected chi connectivity index (χ2v) is 4.05. The van der Waals surface area contributed by atoms with E-state index in [1.807, 2.05) is 5.48 Å². The van der Waals surface area contributed by atoms with Gasteiger partial charge in [-0.15, -0.1) is 0 Å². The Kier molecular flexibility index (Phi) is 5.12. The van der Waals surface area contributed by atoms with Gasteiger partial charge in [-0.05, 0) is 34.1 Å². The molecule has 0 heterocycles. The SMILES string of the molecule is O=C(NOCCO)c1ccc(C(F)(F)F)cc1Br. The molecular formula is C10H9BrF3NO3. The standard InChI is InChI=1S/C10H9BrF3NO3/c11-8-5-6(10(12,13)14)1-2-7(8)9(17)15-18-4-3-16/h1-2,5,16H,3-4H2,(H,15,17). The summed E-state index contributed by atoms with van der Waals surface area (Å²) in [4.78, 5) is 16.0. The number of amides is 1. The summed E-state index contributed by atoms with van der Waals surface area (Å²) in [7, 11) is 0. The summed E-state index contributed by atoms with van der Waals surface area (Å²) in [6, 6.07) is 2.64. The van der Waals surface area contributed by atoms with E-state index in [2.05, 4.69) is 20.8 Å². The van der Waals surface area contributed by atoms with Gasteiger partial charge in [0.15, 0.2) is 0 Å². The predicted octanol–water partition coefficient (Wildman–Crippen LogP) is 2.12. The minimum absolute atomic E-state index is 0.000870. The second-order valence-electron chi connectivity index (χ2n) is 3.20. The minimum Gasteiger partial charge on any atom is -0.394 e. The number of rotatable bonds is 4. The Labute approximate surface area is 109 Å². The van der Waals surface area contributed by atoms with Gasteiger partial charge < -0.3 is 5.11 Å². The highest BCUT2D eigenvalue weighted by molar-refractivity contribution is 9.10. The van der Waals surface area contributed by atoms with E-state index in [1.165, 1.54) is 0 Å². The maximum absolute atomic E-state index is 12.4. The number of halogens is 4. The van der Waals surface area contributed by atoms with Crippen molar-refractivity contribution in [1.29, 1.82) is 0 Å². The van der Waals surface area contributed by atoms with Crippen molar-refractivity contribution >= 4 is 21.8 Å². The Morgan fingerprint density at radius 1 is 1.44 bits per heavy atom. The van der Waals surface area contributed by atoms with Crippen LogP contribution in [0.2, 0.25) is 0 Å². The highest BCUT2D eigenvalue weighted by Gasteiger charge is 2.31. The van der Waals surface area contributed by atoms with Crippen LogP contribution in [0.1, 0.15) is 15.9 Å². The van der Waals surface area contributed by atoms with Crippen LogP contribution in [0.25, 0.3) is 0 Å². The van der Waals surface area contributed by atoms with Crippen molar-refractivity contribution in [2.24, 2.45) is 0 Å². The van der Waals surface area contributed by atoms with Crippen molar-refractivity contribution in [2.45, 2.75) is 6.18 Å². The number of hydrogen-bond donors (Lipinski definition) is 2. The van der Waals surface area contributed by atoms with Crippen molar-refractivity contribution in [3.8, 4) is 0 Å². The molecule has 0 spiro atoms. The van der Waals surface area contributed by atoms with Crippen LogP contribution in [0, 0.1) is 0 Å². The van der Waals surface area contributed by atoms with Crippen molar-refractivity contribution in [1.82, 2.24) is 5.48 Å². The van der Waals surface area contributed by atoms with Gasteiger partial charge in [0.1, 0.15) is 0 Å². The molecule has 0 aromatic heterocycles. The first kappa shape index (κ1) is 14.9. The van der Waals surface area contributed by atoms with Crippen molar-refractivity contribution in [3.05, 3.63) is 33.8 Å². The third-order valence-corrected chi connectivity index (χ3v) is 2.56. The lowest BCUT2D eigenvalue weighted by Gasteiger charge is -2.10. The van der Waals surface area contributed by atoms with Crippen LogP contribution in [0.3, 0.4) is 0 Å². The molecule has 1 aromatic carbocycles. The molecular weight excluding hydrogens is 319 g/mol. The zero-order valence-electron chi connectivity index (χ0n) is 8.92. The van der Waals surface area contributed by atoms with Crippen LogP contribution in [0.15, 0.2) is 22.7 Å². The first-order valence-corrected chi connectivity index (χ1v) is 5.55. The molecule has 0 saturated heterocycles. The second kappa shape index (κ2) is 6.17. The first-order chi connectivity index (χ1) is 8.36. The number of aliphatic hydroxyl groups excluding tert-OH is 1. The molecule has 0 aliphatic heterocycles. The number of hydrogen-bond acceptors (Lipinski definition) is 3. The summed E-state index contributed by atoms with van der Waals surface area (Å²) >= 11 is 2.88. The normalized spacial score (nSPS) is 11.4. The molecule has 1 rings (SSSR count). The smallest absolute Gasteiger partial charge is 0.394 e. The zero-order chi connectivity index (χ0) is 13.8. The fraction of sp³-hybridized carbons (Fsp3) is 0.300. The largest absolute Gasteiger partial charge is 0.416 e. The highest BCUT2D eigenvalue weighted by atomic mass is 79.9. The number of hydroxylamine groups is 1. The molecule has 0 saturated carbocycles. The van der Waals surface area contributed by atoms with E-state index < -0.39 is 17.6 Å². The molecule has 100 valence electrons. The lowest BCUT2D eigenvalue weighted by molar-refractivity contribution is -0.137. The highest BCUT2D eigenvalue weighted by Crippen LogP contribution is 2.32. The van der Waals surface area contributed by atoms with Gasteiger partial charge in [0.25, 0.3) is 5.91 Å². The fourth-order valence-electron chi connectivity index (χ4n) is 1.09. The lowest BCUT2D eigenvalue weighted by atomic mass is 10.1. The minimum atomic E-state index is -4.47. The monoisotopic (exact) mass is 327 g/mol. The Morgan fingerprint density at radius 2 is 2.11 bits per heavy atom. The molecule has 1 amide bonds. The van der Waals surface area contributed by atoms with Gasteiger partial charge >= 0.3 is 6.18 Å². The molecule has 8 heteroatoms. The maximum Gasteiger partial charge on any atom is 0.416 e. The van der Waals surface area contributed by atoms with E-state index in [-0.39, 0.29) is 23.2 Å². The fourth-order valence-corrected chi connectivity index (χ4v) is 1.65. The van der Waals surface area contributed by atoms with Crippen LogP contribution in [-0.4, -0.2) is 24.2 Å². The van der Waals surface area contributed by atoms with E-state index in [0.29, 0.717) is 0 Å². The van der Waals surface area contributed by atoms with Crippen LogP contribution in [0.5, 0.6) is 0 Å². The maximum atomic E-state index is 12.4. The van der Waals surface area contributed by atoms with Crippen molar-refractivity contribution in [3.63, 3.8) is 0 Å². The van der Waals surface area contributed by atoms with Gasteiger partial charge in [0.2, 0.25) is 0 Å². The average molecular weight is 328 g/mol. The summed E-state index contributed by atoms with van der Waals surface area (Å²) in [5.41, 5.74) is 1.13. The van der Waals surface area contributed by atoms with Gasteiger partial charge in [-0.2, -0.15) is 13.2 Å². The summed E-state index contributed by atoms with van der Waals surface area (Å²) in [5.74, 6) is -0.705. The Bertz CT molecular complexity index is 437. The Hall–Kier alpha value is -1.12. The number of carbonyl (C=O) groups excluding carboxylic acids is 1. The van der Waals surface area contributed by atoms with Gasteiger partial charge in [-0.1, -0.05) is 0 Å². The number of nitrogens with one attached hydrogen (secondary N) is 1. The van der Waals surface area contributed by atoms with E-state index in [1.54, 1.807) is 0 Å². The molecule has 2 N–H and O–H groups in total. The molecule has 4 nitrogen and oxygen atoms in total. The van der Waals surface area contributed by atoms with Gasteiger partial charge in [0, 0.05) is 4.47 Å². The predicted molar refractivity (Wildman–Crippen MR) is 59.6 cm³/mol. The lowest BCUT2D eigenvalue weighted by Crippen LogP contribution is -2.25. The Balaban J connectivity index is 2.82. The molecule has 18 heavy (non-hydrogen) atoms. The van der Waals surface area contributed by atoms with Crippen LogP contribution in [0.4, 0.5) is 13.2 Å². The average Bonchev–Trinajstić information content (AvgIpc) is 2.27. The van der Waals surface area contributed by atoms with E-state index in [4.69, 9.17) is 5.11 Å². The van der Waals surface area contributed by atoms with Gasteiger partial charge in [-0.3, -0.25) is 9.63 Å². The van der Waals surface area contributed by atoms with E-state index >= 15 is 0 Å². The molecule has 1 aromatic rings. The first-order valence-electron chi connectivity index (χ1n) is 4.76. The van der Waals surface area contributed by atoms with Crippen LogP contribution >= 0.6 is 15.9 Å². The van der Waals surface area contributed by atoms with E-state index in [0.717, 1.165) is 18.2 Å². The summed E-state index contributed by atoms with van der Waals surface area (Å²) in [6.45, 7) is -0.390. The quantitative estimate of drug-likeness (QED) is 0.658. The third kappa shape index (κ3) is 3.97. The van der Waals surface area contributed by atoms with Crippen molar-refractivity contribution < 1.29 is 27.9 Å². The number of aliphatic hydroxyl groups is 1. The molecule has 0 aliphatic carbocycles.